The van der Waals surface area contributed by atoms with Gasteiger partial charge in [0, 0.05) is 37.2 Å². The van der Waals surface area contributed by atoms with Crippen LogP contribution >= 0.6 is 11.6 Å². The highest BCUT2D eigenvalue weighted by atomic mass is 35.5. The summed E-state index contributed by atoms with van der Waals surface area (Å²) in [4.78, 5) is 22.8. The third kappa shape index (κ3) is 8.59. The van der Waals surface area contributed by atoms with Gasteiger partial charge >= 0.3 is 18.1 Å². The summed E-state index contributed by atoms with van der Waals surface area (Å²) in [6.07, 6.45) is -4.79. The molecule has 1 heterocycles. The van der Waals surface area contributed by atoms with Crippen LogP contribution in [0.1, 0.15) is 18.1 Å². The maximum atomic E-state index is 11.5. The van der Waals surface area contributed by atoms with E-state index >= 15 is 0 Å². The number of methoxy groups -OCH3 is 1. The fraction of sp³-hybridized carbons (Fsp3) is 0.529. The minimum absolute atomic E-state index is 0.220. The Morgan fingerprint density at radius 2 is 2.00 bits per heavy atom. The van der Waals surface area contributed by atoms with E-state index in [2.05, 4.69) is 17.1 Å². The summed E-state index contributed by atoms with van der Waals surface area (Å²) >= 11 is 6.09. The van der Waals surface area contributed by atoms with Crippen LogP contribution in [0.15, 0.2) is 18.2 Å². The van der Waals surface area contributed by atoms with Crippen LogP contribution in [0.2, 0.25) is 5.02 Å². The Hall–Kier alpha value is -1.84. The average molecular weight is 411 g/mol. The van der Waals surface area contributed by atoms with Gasteiger partial charge in [-0.15, -0.1) is 0 Å². The van der Waals surface area contributed by atoms with Crippen LogP contribution in [-0.2, 0) is 27.3 Å². The Bertz CT molecular complexity index is 656. The van der Waals surface area contributed by atoms with Crippen molar-refractivity contribution in [1.82, 2.24) is 10.2 Å². The topological polar surface area (TPSA) is 78.9 Å². The molecule has 152 valence electrons. The van der Waals surface area contributed by atoms with E-state index in [4.69, 9.17) is 26.2 Å². The molecule has 6 nitrogen and oxygen atoms in total. The molecule has 0 aliphatic carbocycles. The number of rotatable bonds is 4. The molecule has 0 amide bonds. The summed E-state index contributed by atoms with van der Waals surface area (Å²) in [5.41, 5.74) is 2.10. The number of hydrogen-bond donors (Lipinski definition) is 2. The first kappa shape index (κ1) is 23.2. The van der Waals surface area contributed by atoms with Crippen LogP contribution in [0.3, 0.4) is 0 Å². The molecule has 0 unspecified atom stereocenters. The molecule has 0 saturated carbocycles. The normalized spacial score (nSPS) is 17.6. The van der Waals surface area contributed by atoms with Crippen molar-refractivity contribution in [3.8, 4) is 0 Å². The lowest BCUT2D eigenvalue weighted by molar-refractivity contribution is -0.192. The second-order valence-electron chi connectivity index (χ2n) is 6.06. The van der Waals surface area contributed by atoms with Crippen molar-refractivity contribution in [2.45, 2.75) is 32.1 Å². The summed E-state index contributed by atoms with van der Waals surface area (Å²) in [5, 5.41) is 11.3. The van der Waals surface area contributed by atoms with Gasteiger partial charge in [0.1, 0.15) is 0 Å². The molecule has 27 heavy (non-hydrogen) atoms. The Kier molecular flexibility index (Phi) is 9.01. The van der Waals surface area contributed by atoms with E-state index in [9.17, 15) is 18.0 Å². The minimum Gasteiger partial charge on any atom is -0.475 e. The minimum atomic E-state index is -5.08. The lowest BCUT2D eigenvalue weighted by Crippen LogP contribution is -2.48. The van der Waals surface area contributed by atoms with Gasteiger partial charge in [0.05, 0.1) is 13.5 Å². The van der Waals surface area contributed by atoms with Gasteiger partial charge < -0.3 is 15.2 Å². The predicted octanol–water partition coefficient (Wildman–Crippen LogP) is 2.48. The van der Waals surface area contributed by atoms with Crippen LogP contribution in [0.25, 0.3) is 0 Å². The van der Waals surface area contributed by atoms with E-state index in [1.54, 1.807) is 0 Å². The summed E-state index contributed by atoms with van der Waals surface area (Å²) in [5.74, 6) is -2.98. The number of aliphatic carboxylic acids is 1. The highest BCUT2D eigenvalue weighted by molar-refractivity contribution is 6.30. The fourth-order valence-electron chi connectivity index (χ4n) is 2.54. The lowest BCUT2D eigenvalue weighted by atomic mass is 10.0. The molecular weight excluding hydrogens is 389 g/mol. The van der Waals surface area contributed by atoms with Crippen molar-refractivity contribution < 1.29 is 32.6 Å². The summed E-state index contributed by atoms with van der Waals surface area (Å²) in [6.45, 7) is 6.01. The zero-order valence-corrected chi connectivity index (χ0v) is 15.7. The van der Waals surface area contributed by atoms with Crippen LogP contribution in [0, 0.1) is 0 Å². The van der Waals surface area contributed by atoms with Crippen molar-refractivity contribution in [2.75, 3.05) is 26.7 Å². The fourth-order valence-corrected chi connectivity index (χ4v) is 2.73. The van der Waals surface area contributed by atoms with Crippen LogP contribution in [-0.4, -0.2) is 60.9 Å². The third-order valence-electron chi connectivity index (χ3n) is 3.82. The van der Waals surface area contributed by atoms with Gasteiger partial charge in [0.2, 0.25) is 0 Å². The number of nitrogens with one attached hydrogen (secondary N) is 1. The van der Waals surface area contributed by atoms with Crippen molar-refractivity contribution in [2.24, 2.45) is 0 Å². The standard InChI is InChI=1S/C15H21ClN2O2.C2HF3O2/c1-11-9-18(6-5-17-11)10-13-7-14(16)4-3-12(13)8-15(19)20-2;3-2(4,5)1(6)7/h3-4,7,11,17H,5-6,8-10H2,1-2H3;(H,6,7)/t11-;/m0./s1. The number of carbonyl (C=O) groups excluding carboxylic acids is 1. The largest absolute Gasteiger partial charge is 0.490 e. The molecule has 2 N–H and O–H groups in total. The Morgan fingerprint density at radius 1 is 1.37 bits per heavy atom. The molecule has 0 radical (unpaired) electrons. The van der Waals surface area contributed by atoms with Crippen molar-refractivity contribution in [3.63, 3.8) is 0 Å². The summed E-state index contributed by atoms with van der Waals surface area (Å²) < 4.78 is 36.5. The smallest absolute Gasteiger partial charge is 0.475 e. The monoisotopic (exact) mass is 410 g/mol. The lowest BCUT2D eigenvalue weighted by Gasteiger charge is -2.32. The SMILES string of the molecule is COC(=O)Cc1ccc(Cl)cc1CN1CCN[C@@H](C)C1.O=C(O)C(F)(F)F. The number of piperazine rings is 1. The number of carboxylic acid groups (broad SMARTS) is 1. The molecule has 1 fully saturated rings. The zero-order valence-electron chi connectivity index (χ0n) is 15.0. The van der Waals surface area contributed by atoms with Gasteiger partial charge in [-0.3, -0.25) is 9.69 Å². The Labute approximate surface area is 160 Å². The van der Waals surface area contributed by atoms with Gasteiger partial charge in [-0.05, 0) is 30.2 Å². The Morgan fingerprint density at radius 3 is 2.52 bits per heavy atom. The molecule has 1 saturated heterocycles. The molecule has 1 aliphatic rings. The molecule has 1 aromatic rings. The molecular formula is C17H22ClF3N2O4. The molecule has 0 spiro atoms. The number of hydrogen-bond acceptors (Lipinski definition) is 5. The van der Waals surface area contributed by atoms with Crippen LogP contribution in [0.4, 0.5) is 13.2 Å². The number of ether oxygens (including phenoxy) is 1. The third-order valence-corrected chi connectivity index (χ3v) is 4.06. The van der Waals surface area contributed by atoms with Crippen molar-refractivity contribution in [3.05, 3.63) is 34.3 Å². The Balaban J connectivity index is 0.000000445. The van der Waals surface area contributed by atoms with E-state index in [-0.39, 0.29) is 5.97 Å². The van der Waals surface area contributed by atoms with E-state index < -0.39 is 12.1 Å². The highest BCUT2D eigenvalue weighted by Crippen LogP contribution is 2.19. The van der Waals surface area contributed by atoms with Crippen molar-refractivity contribution in [1.29, 1.82) is 0 Å². The number of carboxylic acids is 1. The number of benzene rings is 1. The number of alkyl halides is 3. The summed E-state index contributed by atoms with van der Waals surface area (Å²) in [7, 11) is 1.41. The summed E-state index contributed by atoms with van der Waals surface area (Å²) in [6, 6.07) is 6.18. The van der Waals surface area contributed by atoms with Gasteiger partial charge in [0.25, 0.3) is 0 Å². The average Bonchev–Trinajstić information content (AvgIpc) is 2.57. The van der Waals surface area contributed by atoms with E-state index in [0.717, 1.165) is 37.3 Å². The zero-order chi connectivity index (χ0) is 20.6. The maximum Gasteiger partial charge on any atom is 0.490 e. The van der Waals surface area contributed by atoms with Gasteiger partial charge in [-0.25, -0.2) is 4.79 Å². The van der Waals surface area contributed by atoms with Gasteiger partial charge in [-0.2, -0.15) is 13.2 Å². The van der Waals surface area contributed by atoms with Gasteiger partial charge in [-0.1, -0.05) is 17.7 Å². The van der Waals surface area contributed by atoms with E-state index in [1.165, 1.54) is 7.11 Å². The van der Waals surface area contributed by atoms with E-state index in [0.29, 0.717) is 17.5 Å². The molecule has 1 aliphatic heterocycles. The molecule has 0 bridgehead atoms. The number of nitrogens with zero attached hydrogens (tertiary/aromatic N) is 1. The molecule has 1 aromatic carbocycles. The molecule has 1 atom stereocenters. The second-order valence-corrected chi connectivity index (χ2v) is 6.50. The predicted molar refractivity (Wildman–Crippen MR) is 93.6 cm³/mol. The first-order valence-corrected chi connectivity index (χ1v) is 8.50. The molecule has 10 heteroatoms. The quantitative estimate of drug-likeness (QED) is 0.742. The van der Waals surface area contributed by atoms with E-state index in [1.807, 2.05) is 18.2 Å². The maximum absolute atomic E-state index is 11.5. The number of halogens is 4. The first-order chi connectivity index (χ1) is 12.5. The first-order valence-electron chi connectivity index (χ1n) is 8.13. The number of carbonyl (C=O) groups is 2. The molecule has 0 aromatic heterocycles. The second kappa shape index (κ2) is 10.5. The molecule has 2 rings (SSSR count). The highest BCUT2D eigenvalue weighted by Gasteiger charge is 2.38. The van der Waals surface area contributed by atoms with Crippen LogP contribution < -0.4 is 5.32 Å². The van der Waals surface area contributed by atoms with Crippen molar-refractivity contribution >= 4 is 23.5 Å². The number of esters is 1. The van der Waals surface area contributed by atoms with Gasteiger partial charge in [0.15, 0.2) is 0 Å². The van der Waals surface area contributed by atoms with Crippen LogP contribution in [0.5, 0.6) is 0 Å².